The van der Waals surface area contributed by atoms with E-state index in [2.05, 4.69) is 24.1 Å². The predicted molar refractivity (Wildman–Crippen MR) is 65.2 cm³/mol. The van der Waals surface area contributed by atoms with E-state index < -0.39 is 0 Å². The number of piperidine rings is 1. The van der Waals surface area contributed by atoms with E-state index in [1.165, 1.54) is 25.8 Å². The van der Waals surface area contributed by atoms with Gasteiger partial charge in [-0.1, -0.05) is 13.8 Å². The lowest BCUT2D eigenvalue weighted by Crippen LogP contribution is -2.44. The van der Waals surface area contributed by atoms with Crippen molar-refractivity contribution in [3.63, 3.8) is 0 Å². The molecule has 16 heavy (non-hydrogen) atoms. The maximum atomic E-state index is 12.0. The summed E-state index contributed by atoms with van der Waals surface area (Å²) in [5, 5.41) is 3.07. The molecule has 1 heterocycles. The zero-order valence-electron chi connectivity index (χ0n) is 10.5. The first-order valence-electron chi connectivity index (χ1n) is 6.68. The van der Waals surface area contributed by atoms with Gasteiger partial charge in [0, 0.05) is 19.1 Å². The summed E-state index contributed by atoms with van der Waals surface area (Å²) in [6.07, 6.45) is 4.96. The molecule has 0 aromatic heterocycles. The fraction of sp³-hybridized carbons (Fsp3) is 0.923. The third kappa shape index (κ3) is 3.21. The number of hydrogen-bond acceptors (Lipinski definition) is 2. The molecule has 0 spiro atoms. The van der Waals surface area contributed by atoms with Gasteiger partial charge in [-0.25, -0.2) is 0 Å². The Morgan fingerprint density at radius 1 is 1.38 bits per heavy atom. The molecule has 1 N–H and O–H groups in total. The minimum absolute atomic E-state index is 0.244. The minimum Gasteiger partial charge on any atom is -0.356 e. The third-order valence-corrected chi connectivity index (χ3v) is 3.57. The van der Waals surface area contributed by atoms with E-state index in [1.54, 1.807) is 0 Å². The Bertz CT molecular complexity index is 248. The molecule has 1 atom stereocenters. The molecule has 0 radical (unpaired) electrons. The molecular weight excluding hydrogens is 200 g/mol. The van der Waals surface area contributed by atoms with E-state index in [4.69, 9.17) is 0 Å². The standard InChI is InChI=1S/C13H24N2O/c1-10(2)8-14-13(16)11-4-3-7-15(9-11)12-5-6-12/h10-12H,3-9H2,1-2H3,(H,14,16). The number of amides is 1. The smallest absolute Gasteiger partial charge is 0.224 e. The zero-order valence-corrected chi connectivity index (χ0v) is 10.5. The van der Waals surface area contributed by atoms with Crippen molar-refractivity contribution in [2.24, 2.45) is 11.8 Å². The summed E-state index contributed by atoms with van der Waals surface area (Å²) < 4.78 is 0. The molecule has 2 aliphatic rings. The van der Waals surface area contributed by atoms with Crippen molar-refractivity contribution in [2.45, 2.75) is 45.6 Å². The van der Waals surface area contributed by atoms with E-state index >= 15 is 0 Å². The van der Waals surface area contributed by atoms with Crippen LogP contribution in [0.25, 0.3) is 0 Å². The van der Waals surface area contributed by atoms with Gasteiger partial charge < -0.3 is 5.32 Å². The van der Waals surface area contributed by atoms with Crippen molar-refractivity contribution in [3.8, 4) is 0 Å². The first kappa shape index (κ1) is 11.9. The normalized spacial score (nSPS) is 27.1. The molecule has 3 nitrogen and oxygen atoms in total. The molecule has 1 unspecified atom stereocenters. The maximum Gasteiger partial charge on any atom is 0.224 e. The molecule has 1 aliphatic heterocycles. The second kappa shape index (κ2) is 5.17. The van der Waals surface area contributed by atoms with Crippen LogP contribution >= 0.6 is 0 Å². The van der Waals surface area contributed by atoms with E-state index in [1.807, 2.05) is 0 Å². The predicted octanol–water partition coefficient (Wildman–Crippen LogP) is 1.63. The largest absolute Gasteiger partial charge is 0.356 e. The topological polar surface area (TPSA) is 32.3 Å². The average molecular weight is 224 g/mol. The van der Waals surface area contributed by atoms with Gasteiger partial charge in [0.05, 0.1) is 5.92 Å². The molecule has 2 fully saturated rings. The highest BCUT2D eigenvalue weighted by molar-refractivity contribution is 5.78. The fourth-order valence-electron chi connectivity index (χ4n) is 2.44. The van der Waals surface area contributed by atoms with Gasteiger partial charge >= 0.3 is 0 Å². The van der Waals surface area contributed by atoms with Gasteiger partial charge in [0.25, 0.3) is 0 Å². The molecule has 0 aromatic rings. The van der Waals surface area contributed by atoms with Crippen LogP contribution in [0.1, 0.15) is 39.5 Å². The van der Waals surface area contributed by atoms with E-state index in [-0.39, 0.29) is 11.8 Å². The van der Waals surface area contributed by atoms with Crippen LogP contribution in [0.5, 0.6) is 0 Å². The van der Waals surface area contributed by atoms with Crippen molar-refractivity contribution in [2.75, 3.05) is 19.6 Å². The van der Waals surface area contributed by atoms with Crippen molar-refractivity contribution in [1.82, 2.24) is 10.2 Å². The van der Waals surface area contributed by atoms with Crippen LogP contribution in [0.3, 0.4) is 0 Å². The Balaban J connectivity index is 1.76. The summed E-state index contributed by atoms with van der Waals surface area (Å²) in [6.45, 7) is 7.29. The number of carbonyl (C=O) groups excluding carboxylic acids is 1. The van der Waals surface area contributed by atoms with Crippen LogP contribution in [0.15, 0.2) is 0 Å². The molecule has 0 bridgehead atoms. The van der Waals surface area contributed by atoms with Crippen molar-refractivity contribution < 1.29 is 4.79 Å². The lowest BCUT2D eigenvalue weighted by molar-refractivity contribution is -0.126. The van der Waals surface area contributed by atoms with Crippen LogP contribution in [-0.4, -0.2) is 36.5 Å². The summed E-state index contributed by atoms with van der Waals surface area (Å²) in [5.41, 5.74) is 0. The molecule has 3 heteroatoms. The summed E-state index contributed by atoms with van der Waals surface area (Å²) in [6, 6.07) is 0.806. The summed E-state index contributed by atoms with van der Waals surface area (Å²) >= 11 is 0. The Morgan fingerprint density at radius 2 is 2.12 bits per heavy atom. The Kier molecular flexibility index (Phi) is 3.85. The molecule has 2 rings (SSSR count). The van der Waals surface area contributed by atoms with Crippen molar-refractivity contribution in [1.29, 1.82) is 0 Å². The lowest BCUT2D eigenvalue weighted by Gasteiger charge is -2.32. The quantitative estimate of drug-likeness (QED) is 0.787. The first-order chi connectivity index (χ1) is 7.66. The van der Waals surface area contributed by atoms with E-state index in [0.29, 0.717) is 5.92 Å². The average Bonchev–Trinajstić information content (AvgIpc) is 3.10. The number of carbonyl (C=O) groups is 1. The molecule has 1 saturated carbocycles. The van der Waals surface area contributed by atoms with Crippen molar-refractivity contribution >= 4 is 5.91 Å². The van der Waals surface area contributed by atoms with E-state index in [0.717, 1.165) is 25.6 Å². The Labute approximate surface area is 98.6 Å². The van der Waals surface area contributed by atoms with Gasteiger partial charge in [0.15, 0.2) is 0 Å². The Hall–Kier alpha value is -0.570. The molecule has 1 amide bonds. The summed E-state index contributed by atoms with van der Waals surface area (Å²) in [5.74, 6) is 1.07. The van der Waals surface area contributed by atoms with Gasteiger partial charge in [-0.05, 0) is 38.1 Å². The van der Waals surface area contributed by atoms with E-state index in [9.17, 15) is 4.79 Å². The highest BCUT2D eigenvalue weighted by atomic mass is 16.1. The van der Waals surface area contributed by atoms with Gasteiger partial charge in [-0.15, -0.1) is 0 Å². The van der Waals surface area contributed by atoms with Gasteiger partial charge in [0.2, 0.25) is 5.91 Å². The van der Waals surface area contributed by atoms with Crippen LogP contribution in [0.2, 0.25) is 0 Å². The third-order valence-electron chi connectivity index (χ3n) is 3.57. The Morgan fingerprint density at radius 3 is 2.75 bits per heavy atom. The molecule has 1 aliphatic carbocycles. The van der Waals surface area contributed by atoms with Gasteiger partial charge in [-0.2, -0.15) is 0 Å². The minimum atomic E-state index is 0.244. The van der Waals surface area contributed by atoms with Crippen LogP contribution in [-0.2, 0) is 4.79 Å². The number of rotatable bonds is 4. The number of likely N-dealkylation sites (tertiary alicyclic amines) is 1. The summed E-state index contributed by atoms with van der Waals surface area (Å²) in [7, 11) is 0. The summed E-state index contributed by atoms with van der Waals surface area (Å²) in [4.78, 5) is 14.5. The molecule has 0 aromatic carbocycles. The number of nitrogens with one attached hydrogen (secondary N) is 1. The second-order valence-corrected chi connectivity index (χ2v) is 5.70. The highest BCUT2D eigenvalue weighted by Gasteiger charge is 2.34. The highest BCUT2D eigenvalue weighted by Crippen LogP contribution is 2.30. The zero-order chi connectivity index (χ0) is 11.5. The van der Waals surface area contributed by atoms with Crippen molar-refractivity contribution in [3.05, 3.63) is 0 Å². The maximum absolute atomic E-state index is 12.0. The molecule has 92 valence electrons. The second-order valence-electron chi connectivity index (χ2n) is 5.70. The SMILES string of the molecule is CC(C)CNC(=O)C1CCCN(C2CC2)C1. The van der Waals surface area contributed by atoms with Crippen LogP contribution in [0.4, 0.5) is 0 Å². The van der Waals surface area contributed by atoms with Crippen LogP contribution in [0, 0.1) is 11.8 Å². The van der Waals surface area contributed by atoms with Gasteiger partial charge in [0.1, 0.15) is 0 Å². The van der Waals surface area contributed by atoms with Gasteiger partial charge in [-0.3, -0.25) is 9.69 Å². The van der Waals surface area contributed by atoms with Crippen LogP contribution < -0.4 is 5.32 Å². The lowest BCUT2D eigenvalue weighted by atomic mass is 9.97. The number of nitrogens with zero attached hydrogens (tertiary/aromatic N) is 1. The monoisotopic (exact) mass is 224 g/mol. The molecule has 1 saturated heterocycles. The first-order valence-corrected chi connectivity index (χ1v) is 6.68. The number of hydrogen-bond donors (Lipinski definition) is 1. The fourth-order valence-corrected chi connectivity index (χ4v) is 2.44. The molecular formula is C13H24N2O.